The van der Waals surface area contributed by atoms with Gasteiger partial charge in [-0.15, -0.1) is 0 Å². The summed E-state index contributed by atoms with van der Waals surface area (Å²) >= 11 is 0. The van der Waals surface area contributed by atoms with Gasteiger partial charge < -0.3 is 15.5 Å². The van der Waals surface area contributed by atoms with Crippen molar-refractivity contribution in [3.63, 3.8) is 0 Å². The van der Waals surface area contributed by atoms with Gasteiger partial charge in [-0.05, 0) is 60.7 Å². The van der Waals surface area contributed by atoms with Crippen LogP contribution >= 0.6 is 0 Å². The van der Waals surface area contributed by atoms with Crippen molar-refractivity contribution in [2.75, 3.05) is 5.73 Å². The van der Waals surface area contributed by atoms with E-state index in [9.17, 15) is 0 Å². The van der Waals surface area contributed by atoms with Crippen molar-refractivity contribution in [2.45, 2.75) is 0 Å². The molecule has 0 saturated carbocycles. The molecule has 3 aromatic carbocycles. The molecule has 0 amide bonds. The lowest BCUT2D eigenvalue weighted by atomic mass is 10.2. The fourth-order valence-corrected chi connectivity index (χ4v) is 2.44. The first kappa shape index (κ1) is 13.4. The van der Waals surface area contributed by atoms with Crippen molar-refractivity contribution in [1.29, 1.82) is 0 Å². The van der Waals surface area contributed by atoms with Gasteiger partial charge in [0.1, 0.15) is 17.3 Å². The number of para-hydroxylation sites is 2. The summed E-state index contributed by atoms with van der Waals surface area (Å²) in [6, 6.07) is 23.2. The highest BCUT2D eigenvalue weighted by Crippen LogP contribution is 2.26. The van der Waals surface area contributed by atoms with Crippen molar-refractivity contribution in [1.82, 2.24) is 9.97 Å². The molecule has 4 aromatic rings. The van der Waals surface area contributed by atoms with Gasteiger partial charge in [0, 0.05) is 11.3 Å². The van der Waals surface area contributed by atoms with E-state index in [4.69, 9.17) is 10.5 Å². The summed E-state index contributed by atoms with van der Waals surface area (Å²) in [6.45, 7) is 0. The van der Waals surface area contributed by atoms with Gasteiger partial charge in [0.15, 0.2) is 0 Å². The minimum Gasteiger partial charge on any atom is -0.457 e. The van der Waals surface area contributed by atoms with Crippen molar-refractivity contribution in [3.8, 4) is 22.9 Å². The van der Waals surface area contributed by atoms with Crippen LogP contribution in [0, 0.1) is 0 Å². The number of imidazole rings is 1. The minimum absolute atomic E-state index is 0.720. The molecule has 0 radical (unpaired) electrons. The highest BCUT2D eigenvalue weighted by Gasteiger charge is 2.05. The van der Waals surface area contributed by atoms with Gasteiger partial charge in [0.05, 0.1) is 11.0 Å². The van der Waals surface area contributed by atoms with Crippen LogP contribution in [0.15, 0.2) is 72.8 Å². The maximum absolute atomic E-state index is 5.80. The van der Waals surface area contributed by atoms with Crippen molar-refractivity contribution in [2.24, 2.45) is 0 Å². The van der Waals surface area contributed by atoms with Gasteiger partial charge in [0.2, 0.25) is 0 Å². The zero-order valence-electron chi connectivity index (χ0n) is 12.4. The van der Waals surface area contributed by atoms with E-state index in [0.29, 0.717) is 0 Å². The van der Waals surface area contributed by atoms with E-state index in [1.54, 1.807) is 0 Å². The molecule has 0 spiro atoms. The summed E-state index contributed by atoms with van der Waals surface area (Å²) in [5, 5.41) is 0. The SMILES string of the molecule is Nc1ccc(Oc2ccc(-c3nc4ccccc4[nH]3)cc2)cc1. The van der Waals surface area contributed by atoms with Crippen LogP contribution in [0.1, 0.15) is 0 Å². The first-order chi connectivity index (χ1) is 11.3. The third kappa shape index (κ3) is 2.74. The van der Waals surface area contributed by atoms with E-state index < -0.39 is 0 Å². The molecule has 0 aliphatic heterocycles. The monoisotopic (exact) mass is 301 g/mol. The molecule has 4 nitrogen and oxygen atoms in total. The van der Waals surface area contributed by atoms with Crippen LogP contribution in [-0.4, -0.2) is 9.97 Å². The number of anilines is 1. The third-order valence-corrected chi connectivity index (χ3v) is 3.63. The zero-order valence-corrected chi connectivity index (χ0v) is 12.4. The fraction of sp³-hybridized carbons (Fsp3) is 0. The number of nitrogen functional groups attached to an aromatic ring is 1. The third-order valence-electron chi connectivity index (χ3n) is 3.63. The Morgan fingerprint density at radius 2 is 1.43 bits per heavy atom. The molecule has 23 heavy (non-hydrogen) atoms. The molecule has 112 valence electrons. The number of rotatable bonds is 3. The summed E-state index contributed by atoms with van der Waals surface area (Å²) in [5.41, 5.74) is 9.40. The van der Waals surface area contributed by atoms with Gasteiger partial charge >= 0.3 is 0 Å². The molecular formula is C19H15N3O. The molecule has 1 aromatic heterocycles. The standard InChI is InChI=1S/C19H15N3O/c20-14-7-11-16(12-8-14)23-15-9-5-13(6-10-15)19-21-17-3-1-2-4-18(17)22-19/h1-12H,20H2,(H,21,22). The first-order valence-electron chi connectivity index (χ1n) is 7.36. The Hall–Kier alpha value is -3.27. The smallest absolute Gasteiger partial charge is 0.138 e. The van der Waals surface area contributed by atoms with Crippen LogP contribution in [0.2, 0.25) is 0 Å². The maximum atomic E-state index is 5.80. The van der Waals surface area contributed by atoms with E-state index in [1.165, 1.54) is 0 Å². The predicted octanol–water partition coefficient (Wildman–Crippen LogP) is 4.60. The summed E-state index contributed by atoms with van der Waals surface area (Å²) in [7, 11) is 0. The van der Waals surface area contributed by atoms with Crippen molar-refractivity contribution >= 4 is 16.7 Å². The molecule has 1 heterocycles. The summed E-state index contributed by atoms with van der Waals surface area (Å²) in [4.78, 5) is 7.92. The second-order valence-electron chi connectivity index (χ2n) is 5.30. The lowest BCUT2D eigenvalue weighted by molar-refractivity contribution is 0.483. The molecule has 0 aliphatic carbocycles. The largest absolute Gasteiger partial charge is 0.457 e. The van der Waals surface area contributed by atoms with Crippen molar-refractivity contribution < 1.29 is 4.74 Å². The Morgan fingerprint density at radius 3 is 2.13 bits per heavy atom. The number of nitrogens with zero attached hydrogens (tertiary/aromatic N) is 1. The number of nitrogens with two attached hydrogens (primary N) is 1. The van der Waals surface area contributed by atoms with E-state index in [0.717, 1.165) is 39.6 Å². The highest BCUT2D eigenvalue weighted by atomic mass is 16.5. The highest BCUT2D eigenvalue weighted by molar-refractivity contribution is 5.79. The van der Waals surface area contributed by atoms with Gasteiger partial charge in [-0.3, -0.25) is 0 Å². The van der Waals surface area contributed by atoms with Gasteiger partial charge in [-0.25, -0.2) is 4.98 Å². The van der Waals surface area contributed by atoms with Crippen LogP contribution < -0.4 is 10.5 Å². The first-order valence-corrected chi connectivity index (χ1v) is 7.36. The molecule has 0 aliphatic rings. The van der Waals surface area contributed by atoms with Gasteiger partial charge in [0.25, 0.3) is 0 Å². The van der Waals surface area contributed by atoms with Gasteiger partial charge in [-0.1, -0.05) is 12.1 Å². The average Bonchev–Trinajstić information content (AvgIpc) is 3.02. The Bertz CT molecular complexity index is 907. The molecule has 0 unspecified atom stereocenters. The maximum Gasteiger partial charge on any atom is 0.138 e. The molecule has 0 saturated heterocycles. The molecule has 0 bridgehead atoms. The normalized spacial score (nSPS) is 10.8. The van der Waals surface area contributed by atoms with Crippen molar-refractivity contribution in [3.05, 3.63) is 72.8 Å². The molecule has 4 rings (SSSR count). The number of nitrogens with one attached hydrogen (secondary N) is 1. The molecule has 0 fully saturated rings. The molecular weight excluding hydrogens is 286 g/mol. The quantitative estimate of drug-likeness (QED) is 0.543. The Morgan fingerprint density at radius 1 is 0.783 bits per heavy atom. The van der Waals surface area contributed by atoms with Crippen LogP contribution in [0.4, 0.5) is 5.69 Å². The summed E-state index contributed by atoms with van der Waals surface area (Å²) < 4.78 is 5.80. The number of fused-ring (bicyclic) bond motifs is 1. The van der Waals surface area contributed by atoms with Crippen LogP contribution in [-0.2, 0) is 0 Å². The number of aromatic amines is 1. The number of hydrogen-bond acceptors (Lipinski definition) is 3. The van der Waals surface area contributed by atoms with E-state index in [-0.39, 0.29) is 0 Å². The Kier molecular flexibility index (Phi) is 3.20. The van der Waals surface area contributed by atoms with E-state index in [2.05, 4.69) is 9.97 Å². The average molecular weight is 301 g/mol. The van der Waals surface area contributed by atoms with E-state index in [1.807, 2.05) is 72.8 Å². The second-order valence-corrected chi connectivity index (χ2v) is 5.30. The Labute approximate surface area is 133 Å². The Balaban J connectivity index is 1.58. The predicted molar refractivity (Wildman–Crippen MR) is 92.5 cm³/mol. The number of benzene rings is 3. The zero-order chi connectivity index (χ0) is 15.6. The number of H-pyrrole nitrogens is 1. The topological polar surface area (TPSA) is 63.9 Å². The fourth-order valence-electron chi connectivity index (χ4n) is 2.44. The minimum atomic E-state index is 0.720. The van der Waals surface area contributed by atoms with Crippen LogP contribution in [0.3, 0.4) is 0 Å². The molecule has 3 N–H and O–H groups in total. The summed E-state index contributed by atoms with van der Waals surface area (Å²) in [6.07, 6.45) is 0. The van der Waals surface area contributed by atoms with Gasteiger partial charge in [-0.2, -0.15) is 0 Å². The summed E-state index contributed by atoms with van der Waals surface area (Å²) in [5.74, 6) is 2.38. The lowest BCUT2D eigenvalue weighted by Crippen LogP contribution is -1.87. The van der Waals surface area contributed by atoms with E-state index >= 15 is 0 Å². The molecule has 4 heteroatoms. The number of hydrogen-bond donors (Lipinski definition) is 2. The van der Waals surface area contributed by atoms with Crippen LogP contribution in [0.25, 0.3) is 22.4 Å². The number of aromatic nitrogens is 2. The lowest BCUT2D eigenvalue weighted by Gasteiger charge is -2.06. The molecule has 0 atom stereocenters. The van der Waals surface area contributed by atoms with Crippen LogP contribution in [0.5, 0.6) is 11.5 Å². The number of ether oxygens (including phenoxy) is 1. The second kappa shape index (κ2) is 5.50.